The highest BCUT2D eigenvalue weighted by Crippen LogP contribution is 2.38. The van der Waals surface area contributed by atoms with Gasteiger partial charge in [-0.1, -0.05) is 36.2 Å². The van der Waals surface area contributed by atoms with E-state index in [0.29, 0.717) is 10.0 Å². The van der Waals surface area contributed by atoms with Crippen LogP contribution in [-0.2, 0) is 0 Å². The lowest BCUT2D eigenvalue weighted by atomic mass is 9.76. The van der Waals surface area contributed by atoms with Crippen molar-refractivity contribution >= 4 is 40.2 Å². The number of piperidine rings is 1. The molecule has 0 radical (unpaired) electrons. The Balaban J connectivity index is 1.18. The van der Waals surface area contributed by atoms with Crippen molar-refractivity contribution < 1.29 is 0 Å². The van der Waals surface area contributed by atoms with E-state index in [9.17, 15) is 0 Å². The van der Waals surface area contributed by atoms with Crippen molar-refractivity contribution in [2.75, 3.05) is 31.1 Å². The number of aromatic nitrogens is 4. The number of aryl methyl sites for hydroxylation is 1. The number of hydrogen-bond acceptors (Lipinski definition) is 5. The van der Waals surface area contributed by atoms with E-state index >= 15 is 0 Å². The van der Waals surface area contributed by atoms with Crippen LogP contribution in [0, 0.1) is 24.7 Å². The van der Waals surface area contributed by atoms with Gasteiger partial charge in [0.25, 0.3) is 0 Å². The van der Waals surface area contributed by atoms with Gasteiger partial charge in [0.1, 0.15) is 11.3 Å². The van der Waals surface area contributed by atoms with Crippen molar-refractivity contribution in [1.29, 1.82) is 0 Å². The standard InChI is InChI=1S/C27H34Cl2N6/c1-16-9-22(10-16)33-8-4-5-19(13-33)20-14-34(15-20)25-12-30-26-17(2)32-35(27(26)31-25)18(3)23-7-6-21(28)11-24(23)29/h6-7,11-12,16,18-20,22H,4-5,8-10,13-15H2,1-3H3/t16-,18-,19-,22+/m1/s1. The maximum absolute atomic E-state index is 6.51. The number of halogens is 2. The lowest BCUT2D eigenvalue weighted by Crippen LogP contribution is -2.56. The number of nitrogens with zero attached hydrogens (tertiary/aromatic N) is 6. The minimum atomic E-state index is -0.0768. The number of fused-ring (bicyclic) bond motifs is 1. The molecule has 0 unspecified atom stereocenters. The van der Waals surface area contributed by atoms with Crippen molar-refractivity contribution in [2.45, 2.75) is 58.5 Å². The Morgan fingerprint density at radius 3 is 2.63 bits per heavy atom. The van der Waals surface area contributed by atoms with E-state index in [1.165, 1.54) is 38.8 Å². The van der Waals surface area contributed by atoms with Crippen molar-refractivity contribution in [3.63, 3.8) is 0 Å². The third kappa shape index (κ3) is 4.32. The van der Waals surface area contributed by atoms with E-state index in [4.69, 9.17) is 38.3 Å². The van der Waals surface area contributed by atoms with E-state index in [1.54, 1.807) is 6.07 Å². The zero-order valence-electron chi connectivity index (χ0n) is 20.8. The molecule has 2 aromatic heterocycles. The van der Waals surface area contributed by atoms with Crippen LogP contribution in [0.15, 0.2) is 24.4 Å². The maximum Gasteiger partial charge on any atom is 0.179 e. The fraction of sp³-hybridized carbons (Fsp3) is 0.593. The largest absolute Gasteiger partial charge is 0.355 e. The average molecular weight is 514 g/mol. The second-order valence-corrected chi connectivity index (χ2v) is 11.9. The normalized spacial score (nSPS) is 26.5. The molecule has 6 nitrogen and oxygen atoms in total. The van der Waals surface area contributed by atoms with Gasteiger partial charge in [-0.15, -0.1) is 0 Å². The molecule has 2 aliphatic heterocycles. The van der Waals surface area contributed by atoms with Gasteiger partial charge in [0.05, 0.1) is 17.9 Å². The van der Waals surface area contributed by atoms with Gasteiger partial charge in [-0.2, -0.15) is 5.10 Å². The van der Waals surface area contributed by atoms with E-state index in [0.717, 1.165) is 65.1 Å². The number of rotatable bonds is 5. The highest BCUT2D eigenvalue weighted by atomic mass is 35.5. The Morgan fingerprint density at radius 2 is 1.89 bits per heavy atom. The highest BCUT2D eigenvalue weighted by molar-refractivity contribution is 6.35. The van der Waals surface area contributed by atoms with Gasteiger partial charge in [-0.3, -0.25) is 0 Å². The molecular formula is C27H34Cl2N6. The molecular weight excluding hydrogens is 479 g/mol. The van der Waals surface area contributed by atoms with E-state index in [1.807, 2.05) is 29.9 Å². The zero-order valence-corrected chi connectivity index (χ0v) is 22.3. The van der Waals surface area contributed by atoms with Crippen LogP contribution in [0.1, 0.15) is 56.8 Å². The van der Waals surface area contributed by atoms with Crippen LogP contribution in [0.2, 0.25) is 10.0 Å². The molecule has 8 heteroatoms. The van der Waals surface area contributed by atoms with Crippen LogP contribution in [0.4, 0.5) is 5.82 Å². The molecule has 1 saturated carbocycles. The molecule has 0 spiro atoms. The van der Waals surface area contributed by atoms with Gasteiger partial charge in [0.2, 0.25) is 0 Å². The number of hydrogen-bond donors (Lipinski definition) is 0. The number of likely N-dealkylation sites (tertiary alicyclic amines) is 1. The second-order valence-electron chi connectivity index (χ2n) is 11.1. The summed E-state index contributed by atoms with van der Waals surface area (Å²) in [5.41, 5.74) is 3.51. The molecule has 4 heterocycles. The smallest absolute Gasteiger partial charge is 0.179 e. The quantitative estimate of drug-likeness (QED) is 0.419. The van der Waals surface area contributed by atoms with Crippen molar-refractivity contribution in [2.24, 2.45) is 17.8 Å². The van der Waals surface area contributed by atoms with Gasteiger partial charge in [-0.25, -0.2) is 14.6 Å². The molecule has 0 bridgehead atoms. The molecule has 186 valence electrons. The first kappa shape index (κ1) is 23.5. The molecule has 0 N–H and O–H groups in total. The van der Waals surface area contributed by atoms with Crippen LogP contribution < -0.4 is 4.90 Å². The van der Waals surface area contributed by atoms with E-state index in [2.05, 4.69) is 23.6 Å². The molecule has 3 fully saturated rings. The molecule has 0 amide bonds. The molecule has 35 heavy (non-hydrogen) atoms. The molecule has 3 aliphatic rings. The average Bonchev–Trinajstić information content (AvgIpc) is 3.12. The Kier molecular flexibility index (Phi) is 6.18. The Bertz CT molecular complexity index is 1230. The fourth-order valence-electron chi connectivity index (χ4n) is 6.35. The predicted molar refractivity (Wildman–Crippen MR) is 143 cm³/mol. The van der Waals surface area contributed by atoms with Crippen LogP contribution >= 0.6 is 23.2 Å². The summed E-state index contributed by atoms with van der Waals surface area (Å²) in [4.78, 5) is 15.0. The van der Waals surface area contributed by atoms with Crippen LogP contribution in [0.25, 0.3) is 11.2 Å². The summed E-state index contributed by atoms with van der Waals surface area (Å²) in [6, 6.07) is 6.38. The summed E-state index contributed by atoms with van der Waals surface area (Å²) >= 11 is 12.6. The SMILES string of the molecule is Cc1nn([C@H](C)c2ccc(Cl)cc2Cl)c2nc(N3CC([C@@H]4CCCN([C@H]5C[C@@H](C)C5)C4)C3)cnc12. The third-order valence-corrected chi connectivity index (χ3v) is 9.16. The first-order valence-electron chi connectivity index (χ1n) is 13.0. The summed E-state index contributed by atoms with van der Waals surface area (Å²) in [5.74, 6) is 3.44. The first-order chi connectivity index (χ1) is 16.9. The number of anilines is 1. The summed E-state index contributed by atoms with van der Waals surface area (Å²) in [6.07, 6.45) is 7.42. The molecule has 3 aromatic rings. The summed E-state index contributed by atoms with van der Waals surface area (Å²) in [6.45, 7) is 11.2. The Morgan fingerprint density at radius 1 is 1.09 bits per heavy atom. The van der Waals surface area contributed by atoms with Gasteiger partial charge in [-0.05, 0) is 81.5 Å². The molecule has 2 atom stereocenters. The monoisotopic (exact) mass is 512 g/mol. The molecule has 1 aliphatic carbocycles. The third-order valence-electron chi connectivity index (χ3n) is 8.59. The van der Waals surface area contributed by atoms with Crippen LogP contribution in [-0.4, -0.2) is 56.9 Å². The minimum Gasteiger partial charge on any atom is -0.355 e. The van der Waals surface area contributed by atoms with Crippen molar-refractivity contribution in [1.82, 2.24) is 24.6 Å². The Hall–Kier alpha value is -1.89. The summed E-state index contributed by atoms with van der Waals surface area (Å²) in [7, 11) is 0. The maximum atomic E-state index is 6.51. The van der Waals surface area contributed by atoms with Crippen molar-refractivity contribution in [3.05, 3.63) is 45.7 Å². The molecule has 2 saturated heterocycles. The van der Waals surface area contributed by atoms with Gasteiger partial charge in [0.15, 0.2) is 5.65 Å². The lowest BCUT2D eigenvalue weighted by Gasteiger charge is -2.50. The minimum absolute atomic E-state index is 0.0768. The second kappa shape index (κ2) is 9.20. The van der Waals surface area contributed by atoms with Gasteiger partial charge >= 0.3 is 0 Å². The fourth-order valence-corrected chi connectivity index (χ4v) is 6.92. The molecule has 6 rings (SSSR count). The topological polar surface area (TPSA) is 50.1 Å². The lowest BCUT2D eigenvalue weighted by molar-refractivity contribution is 0.0295. The van der Waals surface area contributed by atoms with Crippen LogP contribution in [0.3, 0.4) is 0 Å². The predicted octanol–water partition coefficient (Wildman–Crippen LogP) is 6.00. The van der Waals surface area contributed by atoms with Crippen molar-refractivity contribution in [3.8, 4) is 0 Å². The van der Waals surface area contributed by atoms with Crippen LogP contribution in [0.5, 0.6) is 0 Å². The summed E-state index contributed by atoms with van der Waals surface area (Å²) < 4.78 is 1.95. The van der Waals surface area contributed by atoms with E-state index in [-0.39, 0.29) is 6.04 Å². The highest BCUT2D eigenvalue weighted by Gasteiger charge is 2.39. The zero-order chi connectivity index (χ0) is 24.3. The van der Waals surface area contributed by atoms with Gasteiger partial charge < -0.3 is 9.80 Å². The summed E-state index contributed by atoms with van der Waals surface area (Å²) in [5, 5.41) is 6.05. The number of benzene rings is 1. The van der Waals surface area contributed by atoms with E-state index < -0.39 is 0 Å². The first-order valence-corrected chi connectivity index (χ1v) is 13.8. The molecule has 1 aromatic carbocycles. The Labute approximate surface area is 217 Å². The van der Waals surface area contributed by atoms with Gasteiger partial charge in [0, 0.05) is 35.7 Å².